The van der Waals surface area contributed by atoms with Crippen molar-refractivity contribution in [3.05, 3.63) is 53.6 Å². The van der Waals surface area contributed by atoms with Crippen LogP contribution in [-0.2, 0) is 4.79 Å². The van der Waals surface area contributed by atoms with Crippen LogP contribution in [-0.4, -0.2) is 6.29 Å². The number of benzene rings is 2. The van der Waals surface area contributed by atoms with Crippen LogP contribution in [0.4, 0.5) is 0 Å². The van der Waals surface area contributed by atoms with Crippen LogP contribution in [0.5, 0.6) is 0 Å². The maximum absolute atomic E-state index is 11.0. The molecule has 0 spiro atoms. The second kappa shape index (κ2) is 4.96. The number of carbonyl (C=O) groups is 1. The maximum atomic E-state index is 11.0. The predicted octanol–water partition coefficient (Wildman–Crippen LogP) is 4.08. The van der Waals surface area contributed by atoms with E-state index >= 15 is 0 Å². The Labute approximate surface area is 102 Å². The Balaban J connectivity index is 2.59. The standard InChI is InChI=1S/C16H16O/c1-12(2)15(11-17)10-14-8-5-7-13-6-3-4-9-16(13)14/h3-12H,1-2H3. The molecule has 17 heavy (non-hydrogen) atoms. The zero-order valence-corrected chi connectivity index (χ0v) is 10.2. The Bertz CT molecular complexity index is 559. The average Bonchev–Trinajstić information content (AvgIpc) is 2.35. The van der Waals surface area contributed by atoms with Crippen molar-refractivity contribution in [3.63, 3.8) is 0 Å². The minimum Gasteiger partial charge on any atom is -0.298 e. The lowest BCUT2D eigenvalue weighted by atomic mass is 9.98. The SMILES string of the molecule is CC(C)C(C=O)=Cc1cccc2ccccc12. The lowest BCUT2D eigenvalue weighted by molar-refractivity contribution is -0.105. The fraction of sp³-hybridized carbons (Fsp3) is 0.188. The molecule has 0 saturated carbocycles. The summed E-state index contributed by atoms with van der Waals surface area (Å²) >= 11 is 0. The number of allylic oxidation sites excluding steroid dienone is 1. The summed E-state index contributed by atoms with van der Waals surface area (Å²) in [6.07, 6.45) is 2.94. The lowest BCUT2D eigenvalue weighted by Crippen LogP contribution is -1.95. The molecule has 0 N–H and O–H groups in total. The second-order valence-electron chi connectivity index (χ2n) is 4.49. The Morgan fingerprint density at radius 1 is 1.06 bits per heavy atom. The zero-order chi connectivity index (χ0) is 12.3. The van der Waals surface area contributed by atoms with Crippen LogP contribution in [0.2, 0.25) is 0 Å². The monoisotopic (exact) mass is 224 g/mol. The third kappa shape index (κ3) is 2.44. The maximum Gasteiger partial charge on any atom is 0.146 e. The molecule has 86 valence electrons. The van der Waals surface area contributed by atoms with Gasteiger partial charge in [-0.15, -0.1) is 0 Å². The first kappa shape index (κ1) is 11.6. The molecule has 2 rings (SSSR count). The first-order chi connectivity index (χ1) is 8.22. The van der Waals surface area contributed by atoms with Crippen molar-refractivity contribution in [3.8, 4) is 0 Å². The number of fused-ring (bicyclic) bond motifs is 1. The van der Waals surface area contributed by atoms with Crippen molar-refractivity contribution in [2.45, 2.75) is 13.8 Å². The Morgan fingerprint density at radius 2 is 1.76 bits per heavy atom. The van der Waals surface area contributed by atoms with E-state index in [-0.39, 0.29) is 5.92 Å². The van der Waals surface area contributed by atoms with Gasteiger partial charge in [-0.05, 0) is 33.9 Å². The number of aldehydes is 1. The van der Waals surface area contributed by atoms with Gasteiger partial charge in [0.1, 0.15) is 6.29 Å². The number of carbonyl (C=O) groups excluding carboxylic acids is 1. The molecule has 1 nitrogen and oxygen atoms in total. The fourth-order valence-corrected chi connectivity index (χ4v) is 1.89. The topological polar surface area (TPSA) is 17.1 Å². The first-order valence-corrected chi connectivity index (χ1v) is 5.87. The molecule has 0 amide bonds. The van der Waals surface area contributed by atoms with Crippen LogP contribution in [0.15, 0.2) is 48.0 Å². The number of hydrogen-bond donors (Lipinski definition) is 0. The van der Waals surface area contributed by atoms with Crippen LogP contribution in [0.25, 0.3) is 16.8 Å². The van der Waals surface area contributed by atoms with Crippen molar-refractivity contribution in [2.75, 3.05) is 0 Å². The van der Waals surface area contributed by atoms with Gasteiger partial charge in [-0.1, -0.05) is 56.3 Å². The Hall–Kier alpha value is -1.89. The molecule has 0 aromatic heterocycles. The van der Waals surface area contributed by atoms with Gasteiger partial charge in [-0.3, -0.25) is 4.79 Å². The number of rotatable bonds is 3. The molecule has 0 heterocycles. The van der Waals surface area contributed by atoms with E-state index in [1.807, 2.05) is 44.2 Å². The highest BCUT2D eigenvalue weighted by atomic mass is 16.1. The summed E-state index contributed by atoms with van der Waals surface area (Å²) in [4.78, 5) is 11.0. The van der Waals surface area contributed by atoms with E-state index in [9.17, 15) is 4.79 Å². The van der Waals surface area contributed by atoms with Crippen LogP contribution < -0.4 is 0 Å². The minimum atomic E-state index is 0.256. The average molecular weight is 224 g/mol. The molecule has 0 fully saturated rings. The zero-order valence-electron chi connectivity index (χ0n) is 10.2. The van der Waals surface area contributed by atoms with Crippen LogP contribution in [0.3, 0.4) is 0 Å². The molecule has 0 aliphatic carbocycles. The van der Waals surface area contributed by atoms with Gasteiger partial charge in [0.05, 0.1) is 0 Å². The third-order valence-electron chi connectivity index (χ3n) is 2.95. The molecule has 2 aromatic carbocycles. The molecular formula is C16H16O. The highest BCUT2D eigenvalue weighted by Crippen LogP contribution is 2.22. The van der Waals surface area contributed by atoms with Crippen molar-refractivity contribution < 1.29 is 4.79 Å². The van der Waals surface area contributed by atoms with Gasteiger partial charge in [0, 0.05) is 0 Å². The predicted molar refractivity (Wildman–Crippen MR) is 72.8 cm³/mol. The van der Waals surface area contributed by atoms with E-state index in [4.69, 9.17) is 0 Å². The summed E-state index contributed by atoms with van der Waals surface area (Å²) in [7, 11) is 0. The highest BCUT2D eigenvalue weighted by Gasteiger charge is 2.03. The van der Waals surface area contributed by atoms with Crippen LogP contribution >= 0.6 is 0 Å². The smallest absolute Gasteiger partial charge is 0.146 e. The van der Waals surface area contributed by atoms with E-state index in [2.05, 4.69) is 18.2 Å². The van der Waals surface area contributed by atoms with Crippen molar-refractivity contribution >= 4 is 23.1 Å². The minimum absolute atomic E-state index is 0.256. The Kier molecular flexibility index (Phi) is 3.38. The second-order valence-corrected chi connectivity index (χ2v) is 4.49. The van der Waals surface area contributed by atoms with Gasteiger partial charge >= 0.3 is 0 Å². The molecule has 0 saturated heterocycles. The van der Waals surface area contributed by atoms with Crippen LogP contribution in [0.1, 0.15) is 19.4 Å². The van der Waals surface area contributed by atoms with Gasteiger partial charge in [-0.2, -0.15) is 0 Å². The van der Waals surface area contributed by atoms with Crippen molar-refractivity contribution in [1.82, 2.24) is 0 Å². The van der Waals surface area contributed by atoms with Gasteiger partial charge in [0.2, 0.25) is 0 Å². The normalized spacial score (nSPS) is 12.1. The van der Waals surface area contributed by atoms with Gasteiger partial charge in [0.25, 0.3) is 0 Å². The first-order valence-electron chi connectivity index (χ1n) is 5.87. The fourth-order valence-electron chi connectivity index (χ4n) is 1.89. The summed E-state index contributed by atoms with van der Waals surface area (Å²) in [6.45, 7) is 4.07. The van der Waals surface area contributed by atoms with Gasteiger partial charge in [-0.25, -0.2) is 0 Å². The van der Waals surface area contributed by atoms with E-state index in [1.54, 1.807) is 0 Å². The molecular weight excluding hydrogens is 208 g/mol. The molecule has 1 heteroatoms. The van der Waals surface area contributed by atoms with Crippen molar-refractivity contribution in [1.29, 1.82) is 0 Å². The van der Waals surface area contributed by atoms with E-state index in [0.717, 1.165) is 17.4 Å². The summed E-state index contributed by atoms with van der Waals surface area (Å²) in [6, 6.07) is 14.4. The molecule has 0 aliphatic rings. The molecule has 2 aromatic rings. The molecule has 0 radical (unpaired) electrons. The summed E-state index contributed by atoms with van der Waals surface area (Å²) in [5.41, 5.74) is 1.94. The molecule has 0 unspecified atom stereocenters. The lowest BCUT2D eigenvalue weighted by Gasteiger charge is -2.06. The van der Waals surface area contributed by atoms with E-state index < -0.39 is 0 Å². The van der Waals surface area contributed by atoms with Crippen molar-refractivity contribution in [2.24, 2.45) is 5.92 Å². The van der Waals surface area contributed by atoms with E-state index in [1.165, 1.54) is 10.8 Å². The van der Waals surface area contributed by atoms with Gasteiger partial charge < -0.3 is 0 Å². The largest absolute Gasteiger partial charge is 0.298 e. The third-order valence-corrected chi connectivity index (χ3v) is 2.95. The Morgan fingerprint density at radius 3 is 2.47 bits per heavy atom. The molecule has 0 aliphatic heterocycles. The van der Waals surface area contributed by atoms with Gasteiger partial charge in [0.15, 0.2) is 0 Å². The number of hydrogen-bond acceptors (Lipinski definition) is 1. The summed E-state index contributed by atoms with van der Waals surface area (Å²) in [5.74, 6) is 0.256. The quantitative estimate of drug-likeness (QED) is 0.567. The molecule has 0 bridgehead atoms. The molecule has 0 atom stereocenters. The van der Waals surface area contributed by atoms with E-state index in [0.29, 0.717) is 0 Å². The van der Waals surface area contributed by atoms with Crippen LogP contribution in [0, 0.1) is 5.92 Å². The summed E-state index contributed by atoms with van der Waals surface area (Å²) < 4.78 is 0. The summed E-state index contributed by atoms with van der Waals surface area (Å²) in [5, 5.41) is 2.39. The highest BCUT2D eigenvalue weighted by molar-refractivity contribution is 5.94.